The first-order valence-corrected chi connectivity index (χ1v) is 10.2. The van der Waals surface area contributed by atoms with Crippen LogP contribution in [0, 0.1) is 0 Å². The summed E-state index contributed by atoms with van der Waals surface area (Å²) < 4.78 is 11.0. The predicted octanol–water partition coefficient (Wildman–Crippen LogP) is 5.33. The SMILES string of the molecule is COc1cc(CNc2cccc(C(=O)O)c2)cc(Cl)c1OCC(=O)Nc1ccc(Cl)cc1. The van der Waals surface area contributed by atoms with Crippen LogP contribution in [-0.4, -0.2) is 30.7 Å². The van der Waals surface area contributed by atoms with E-state index in [-0.39, 0.29) is 28.8 Å². The number of anilines is 2. The van der Waals surface area contributed by atoms with Crippen LogP contribution >= 0.6 is 23.2 Å². The van der Waals surface area contributed by atoms with Gasteiger partial charge in [-0.05, 0) is 60.2 Å². The molecule has 0 aliphatic rings. The van der Waals surface area contributed by atoms with Crippen molar-refractivity contribution in [3.05, 3.63) is 81.8 Å². The molecule has 0 spiro atoms. The summed E-state index contributed by atoms with van der Waals surface area (Å²) in [7, 11) is 1.47. The Morgan fingerprint density at radius 3 is 2.44 bits per heavy atom. The molecular formula is C23H20Cl2N2O5. The molecule has 0 aromatic heterocycles. The zero-order valence-electron chi connectivity index (χ0n) is 17.0. The number of rotatable bonds is 9. The summed E-state index contributed by atoms with van der Waals surface area (Å²) in [5.74, 6) is -0.751. The topological polar surface area (TPSA) is 96.9 Å². The Labute approximate surface area is 194 Å². The number of ether oxygens (including phenoxy) is 2. The first-order chi connectivity index (χ1) is 15.4. The van der Waals surface area contributed by atoms with Crippen molar-refractivity contribution >= 4 is 46.5 Å². The van der Waals surface area contributed by atoms with E-state index in [1.165, 1.54) is 19.2 Å². The lowest BCUT2D eigenvalue weighted by molar-refractivity contribution is -0.118. The minimum Gasteiger partial charge on any atom is -0.493 e. The molecule has 0 saturated heterocycles. The Bertz CT molecular complexity index is 1120. The van der Waals surface area contributed by atoms with Crippen LogP contribution in [0.3, 0.4) is 0 Å². The Morgan fingerprint density at radius 1 is 1.00 bits per heavy atom. The molecule has 0 unspecified atom stereocenters. The van der Waals surface area contributed by atoms with Gasteiger partial charge in [-0.3, -0.25) is 4.79 Å². The van der Waals surface area contributed by atoms with Gasteiger partial charge in [0.25, 0.3) is 5.91 Å². The molecule has 166 valence electrons. The molecular weight excluding hydrogens is 455 g/mol. The van der Waals surface area contributed by atoms with Gasteiger partial charge in [-0.25, -0.2) is 4.79 Å². The Balaban J connectivity index is 1.64. The van der Waals surface area contributed by atoms with Gasteiger partial charge in [0, 0.05) is 22.9 Å². The lowest BCUT2D eigenvalue weighted by Gasteiger charge is -2.15. The zero-order chi connectivity index (χ0) is 23.1. The lowest BCUT2D eigenvalue weighted by Crippen LogP contribution is -2.20. The summed E-state index contributed by atoms with van der Waals surface area (Å²) in [6, 6.07) is 16.6. The van der Waals surface area contributed by atoms with Gasteiger partial charge < -0.3 is 25.2 Å². The molecule has 9 heteroatoms. The van der Waals surface area contributed by atoms with Gasteiger partial charge >= 0.3 is 5.97 Å². The maximum Gasteiger partial charge on any atom is 0.335 e. The van der Waals surface area contributed by atoms with E-state index >= 15 is 0 Å². The molecule has 0 fully saturated rings. The van der Waals surface area contributed by atoms with Crippen LogP contribution in [0.5, 0.6) is 11.5 Å². The van der Waals surface area contributed by atoms with Gasteiger partial charge in [-0.15, -0.1) is 0 Å². The van der Waals surface area contributed by atoms with Gasteiger partial charge in [0.05, 0.1) is 17.7 Å². The lowest BCUT2D eigenvalue weighted by atomic mass is 10.1. The number of aromatic carboxylic acids is 1. The monoisotopic (exact) mass is 474 g/mol. The van der Waals surface area contributed by atoms with Crippen LogP contribution < -0.4 is 20.1 Å². The van der Waals surface area contributed by atoms with E-state index in [9.17, 15) is 9.59 Å². The number of carbonyl (C=O) groups excluding carboxylic acids is 1. The zero-order valence-corrected chi connectivity index (χ0v) is 18.5. The van der Waals surface area contributed by atoms with E-state index in [1.54, 1.807) is 48.5 Å². The fourth-order valence-corrected chi connectivity index (χ4v) is 3.26. The average Bonchev–Trinajstić information content (AvgIpc) is 2.78. The predicted molar refractivity (Wildman–Crippen MR) is 124 cm³/mol. The summed E-state index contributed by atoms with van der Waals surface area (Å²) in [5, 5.41) is 15.8. The number of benzene rings is 3. The van der Waals surface area contributed by atoms with Gasteiger partial charge in [-0.2, -0.15) is 0 Å². The number of carboxylic acids is 1. The van der Waals surface area contributed by atoms with E-state index in [2.05, 4.69) is 10.6 Å². The number of halogens is 2. The Morgan fingerprint density at radius 2 is 1.75 bits per heavy atom. The standard InChI is InChI=1S/C23H20Cl2N2O5/c1-31-20-10-14(12-26-18-4-2-3-15(11-18)23(29)30)9-19(25)22(20)32-13-21(28)27-17-7-5-16(24)6-8-17/h2-11,26H,12-13H2,1H3,(H,27,28)(H,29,30). The summed E-state index contributed by atoms with van der Waals surface area (Å²) in [5.41, 5.74) is 2.21. The second-order valence-electron chi connectivity index (χ2n) is 6.69. The minimum atomic E-state index is -1.00. The van der Waals surface area contributed by atoms with Gasteiger partial charge in [0.1, 0.15) is 0 Å². The molecule has 0 bridgehead atoms. The minimum absolute atomic E-state index is 0.186. The van der Waals surface area contributed by atoms with E-state index in [4.69, 9.17) is 37.8 Å². The molecule has 3 rings (SSSR count). The average molecular weight is 475 g/mol. The highest BCUT2D eigenvalue weighted by Gasteiger charge is 2.14. The Hall–Kier alpha value is -3.42. The number of hydrogen-bond donors (Lipinski definition) is 3. The van der Waals surface area contributed by atoms with Crippen molar-refractivity contribution in [2.45, 2.75) is 6.54 Å². The smallest absolute Gasteiger partial charge is 0.335 e. The maximum atomic E-state index is 12.2. The van der Waals surface area contributed by atoms with Crippen molar-refractivity contribution in [3.8, 4) is 11.5 Å². The van der Waals surface area contributed by atoms with Crippen LogP contribution in [0.15, 0.2) is 60.7 Å². The van der Waals surface area contributed by atoms with E-state index in [0.717, 1.165) is 5.56 Å². The number of carbonyl (C=O) groups is 2. The van der Waals surface area contributed by atoms with Crippen molar-refractivity contribution in [1.82, 2.24) is 0 Å². The number of amides is 1. The molecule has 1 amide bonds. The molecule has 0 atom stereocenters. The third kappa shape index (κ3) is 6.29. The highest BCUT2D eigenvalue weighted by Crippen LogP contribution is 2.36. The highest BCUT2D eigenvalue weighted by atomic mass is 35.5. The third-order valence-corrected chi connectivity index (χ3v) is 4.90. The number of nitrogens with one attached hydrogen (secondary N) is 2. The first-order valence-electron chi connectivity index (χ1n) is 9.47. The summed E-state index contributed by atoms with van der Waals surface area (Å²) >= 11 is 12.2. The van der Waals surface area contributed by atoms with Gasteiger partial charge in [-0.1, -0.05) is 29.3 Å². The van der Waals surface area contributed by atoms with Crippen molar-refractivity contribution in [2.24, 2.45) is 0 Å². The molecule has 3 N–H and O–H groups in total. The highest BCUT2D eigenvalue weighted by molar-refractivity contribution is 6.32. The molecule has 0 saturated carbocycles. The maximum absolute atomic E-state index is 12.2. The summed E-state index contributed by atoms with van der Waals surface area (Å²) in [6.07, 6.45) is 0. The van der Waals surface area contributed by atoms with Crippen LogP contribution in [0.1, 0.15) is 15.9 Å². The largest absolute Gasteiger partial charge is 0.493 e. The fourth-order valence-electron chi connectivity index (χ4n) is 2.85. The molecule has 7 nitrogen and oxygen atoms in total. The molecule has 0 aliphatic carbocycles. The molecule has 0 heterocycles. The Kier molecular flexibility index (Phi) is 7.81. The van der Waals surface area contributed by atoms with E-state index in [0.29, 0.717) is 28.7 Å². The number of carboxylic acid groups (broad SMARTS) is 1. The second-order valence-corrected chi connectivity index (χ2v) is 7.54. The second kappa shape index (κ2) is 10.7. The molecule has 0 radical (unpaired) electrons. The number of hydrogen-bond acceptors (Lipinski definition) is 5. The summed E-state index contributed by atoms with van der Waals surface area (Å²) in [4.78, 5) is 23.3. The quantitative estimate of drug-likeness (QED) is 0.387. The van der Waals surface area contributed by atoms with Gasteiger partial charge in [0.15, 0.2) is 18.1 Å². The van der Waals surface area contributed by atoms with E-state index in [1.807, 2.05) is 0 Å². The van der Waals surface area contributed by atoms with Crippen molar-refractivity contribution in [1.29, 1.82) is 0 Å². The van der Waals surface area contributed by atoms with Crippen LogP contribution in [0.4, 0.5) is 11.4 Å². The van der Waals surface area contributed by atoms with Gasteiger partial charge in [0.2, 0.25) is 0 Å². The first kappa shape index (κ1) is 23.2. The molecule has 3 aromatic rings. The molecule has 0 aliphatic heterocycles. The third-order valence-electron chi connectivity index (χ3n) is 4.37. The van der Waals surface area contributed by atoms with Crippen molar-refractivity contribution < 1.29 is 24.2 Å². The number of methoxy groups -OCH3 is 1. The fraction of sp³-hybridized carbons (Fsp3) is 0.130. The van der Waals surface area contributed by atoms with Crippen molar-refractivity contribution in [3.63, 3.8) is 0 Å². The van der Waals surface area contributed by atoms with Crippen LogP contribution in [0.25, 0.3) is 0 Å². The molecule has 32 heavy (non-hydrogen) atoms. The molecule has 3 aromatic carbocycles. The van der Waals surface area contributed by atoms with Crippen LogP contribution in [-0.2, 0) is 11.3 Å². The van der Waals surface area contributed by atoms with Crippen LogP contribution in [0.2, 0.25) is 10.0 Å². The van der Waals surface area contributed by atoms with E-state index < -0.39 is 5.97 Å². The normalized spacial score (nSPS) is 10.3. The van der Waals surface area contributed by atoms with Crippen molar-refractivity contribution in [2.75, 3.05) is 24.4 Å². The summed E-state index contributed by atoms with van der Waals surface area (Å²) in [6.45, 7) is 0.106.